The summed E-state index contributed by atoms with van der Waals surface area (Å²) in [6, 6.07) is 12.1. The van der Waals surface area contributed by atoms with Gasteiger partial charge in [0.2, 0.25) is 0 Å². The summed E-state index contributed by atoms with van der Waals surface area (Å²) < 4.78 is 16.3. The van der Waals surface area contributed by atoms with Crippen molar-refractivity contribution < 1.29 is 14.2 Å². The molecule has 3 rings (SSSR count). The minimum atomic E-state index is 0.170. The van der Waals surface area contributed by atoms with Crippen LogP contribution < -0.4 is 19.9 Å². The van der Waals surface area contributed by atoms with E-state index in [1.165, 1.54) is 10.9 Å². The molecule has 0 radical (unpaired) electrons. The fraction of sp³-hybridized carbons (Fsp3) is 0.300. The van der Waals surface area contributed by atoms with Gasteiger partial charge in [-0.15, -0.1) is 0 Å². The molecule has 0 saturated carbocycles. The molecule has 132 valence electrons. The maximum atomic E-state index is 6.11. The lowest BCUT2D eigenvalue weighted by atomic mass is 9.91. The van der Waals surface area contributed by atoms with Crippen molar-refractivity contribution in [2.45, 2.75) is 12.3 Å². The Labute approximate surface area is 147 Å². The summed E-state index contributed by atoms with van der Waals surface area (Å²) in [7, 11) is 4.91. The van der Waals surface area contributed by atoms with Gasteiger partial charge < -0.3 is 24.9 Å². The fourth-order valence-electron chi connectivity index (χ4n) is 3.27. The summed E-state index contributed by atoms with van der Waals surface area (Å²) in [4.78, 5) is 3.33. The number of aromatic nitrogens is 1. The van der Waals surface area contributed by atoms with E-state index in [4.69, 9.17) is 19.9 Å². The van der Waals surface area contributed by atoms with E-state index in [9.17, 15) is 0 Å². The zero-order valence-corrected chi connectivity index (χ0v) is 14.8. The van der Waals surface area contributed by atoms with Crippen molar-refractivity contribution in [1.82, 2.24) is 4.98 Å². The quantitative estimate of drug-likeness (QED) is 0.691. The summed E-state index contributed by atoms with van der Waals surface area (Å²) in [5.74, 6) is 2.28. The number of fused-ring (bicyclic) bond motifs is 1. The maximum absolute atomic E-state index is 6.11. The first kappa shape index (κ1) is 17.2. The SMILES string of the molecule is COc1cc(OC)c(OC)cc1CC(CN)c1c[nH]c2ccccc12. The third-order valence-corrected chi connectivity index (χ3v) is 4.60. The van der Waals surface area contributed by atoms with Crippen LogP contribution in [-0.4, -0.2) is 32.9 Å². The van der Waals surface area contributed by atoms with Gasteiger partial charge in [0.1, 0.15) is 5.75 Å². The molecule has 0 saturated heterocycles. The number of para-hydroxylation sites is 1. The van der Waals surface area contributed by atoms with Crippen molar-refractivity contribution in [2.24, 2.45) is 5.73 Å². The molecule has 0 aliphatic rings. The van der Waals surface area contributed by atoms with Gasteiger partial charge in [0, 0.05) is 29.1 Å². The third-order valence-electron chi connectivity index (χ3n) is 4.60. The average molecular weight is 340 g/mol. The van der Waals surface area contributed by atoms with Crippen LogP contribution in [0.15, 0.2) is 42.6 Å². The molecule has 1 heterocycles. The van der Waals surface area contributed by atoms with Gasteiger partial charge >= 0.3 is 0 Å². The molecule has 3 N–H and O–H groups in total. The molecule has 5 heteroatoms. The number of hydrogen-bond acceptors (Lipinski definition) is 4. The van der Waals surface area contributed by atoms with Crippen LogP contribution in [0.3, 0.4) is 0 Å². The number of H-pyrrole nitrogens is 1. The highest BCUT2D eigenvalue weighted by molar-refractivity contribution is 5.83. The van der Waals surface area contributed by atoms with Crippen LogP contribution in [0.25, 0.3) is 10.9 Å². The van der Waals surface area contributed by atoms with Crippen LogP contribution >= 0.6 is 0 Å². The number of nitrogens with one attached hydrogen (secondary N) is 1. The van der Waals surface area contributed by atoms with Gasteiger partial charge in [-0.05, 0) is 36.2 Å². The van der Waals surface area contributed by atoms with Crippen molar-refractivity contribution in [3.8, 4) is 17.2 Å². The van der Waals surface area contributed by atoms with Crippen molar-refractivity contribution in [1.29, 1.82) is 0 Å². The molecule has 2 aromatic carbocycles. The fourth-order valence-corrected chi connectivity index (χ4v) is 3.27. The number of hydrogen-bond donors (Lipinski definition) is 2. The normalized spacial score (nSPS) is 12.2. The third kappa shape index (κ3) is 3.28. The van der Waals surface area contributed by atoms with Crippen molar-refractivity contribution in [2.75, 3.05) is 27.9 Å². The second-order valence-corrected chi connectivity index (χ2v) is 5.95. The minimum Gasteiger partial charge on any atom is -0.496 e. The lowest BCUT2D eigenvalue weighted by molar-refractivity contribution is 0.347. The number of nitrogens with two attached hydrogens (primary N) is 1. The highest BCUT2D eigenvalue weighted by Crippen LogP contribution is 2.37. The van der Waals surface area contributed by atoms with E-state index in [-0.39, 0.29) is 5.92 Å². The zero-order valence-electron chi connectivity index (χ0n) is 14.8. The predicted octanol–water partition coefficient (Wildman–Crippen LogP) is 3.48. The summed E-state index contributed by atoms with van der Waals surface area (Å²) in [6.07, 6.45) is 2.80. The van der Waals surface area contributed by atoms with Crippen LogP contribution in [0, 0.1) is 0 Å². The van der Waals surface area contributed by atoms with Gasteiger partial charge in [0.25, 0.3) is 0 Å². The Morgan fingerprint density at radius 2 is 1.64 bits per heavy atom. The predicted molar refractivity (Wildman–Crippen MR) is 99.9 cm³/mol. The Balaban J connectivity index is 1.99. The Kier molecular flexibility index (Phi) is 5.14. The largest absolute Gasteiger partial charge is 0.496 e. The number of benzene rings is 2. The monoisotopic (exact) mass is 340 g/mol. The first-order valence-corrected chi connectivity index (χ1v) is 8.26. The smallest absolute Gasteiger partial charge is 0.164 e. The lowest BCUT2D eigenvalue weighted by Crippen LogP contribution is -2.15. The van der Waals surface area contributed by atoms with E-state index < -0.39 is 0 Å². The standard InChI is InChI=1S/C20H24N2O3/c1-23-18-10-20(25-3)19(24-2)9-13(18)8-14(11-21)16-12-22-17-7-5-4-6-15(16)17/h4-7,9-10,12,14,22H,8,11,21H2,1-3H3. The Morgan fingerprint density at radius 3 is 2.32 bits per heavy atom. The minimum absolute atomic E-state index is 0.170. The van der Waals surface area contributed by atoms with Crippen LogP contribution in [0.2, 0.25) is 0 Å². The molecule has 0 amide bonds. The van der Waals surface area contributed by atoms with Gasteiger partial charge in [-0.2, -0.15) is 0 Å². The van der Waals surface area contributed by atoms with Crippen LogP contribution in [-0.2, 0) is 6.42 Å². The second-order valence-electron chi connectivity index (χ2n) is 5.95. The van der Waals surface area contributed by atoms with Gasteiger partial charge in [0.05, 0.1) is 21.3 Å². The summed E-state index contributed by atoms with van der Waals surface area (Å²) in [5, 5.41) is 1.21. The summed E-state index contributed by atoms with van der Waals surface area (Å²) in [6.45, 7) is 0.541. The Bertz CT molecular complexity index is 857. The second kappa shape index (κ2) is 7.49. The van der Waals surface area contributed by atoms with Crippen molar-refractivity contribution in [3.05, 3.63) is 53.7 Å². The molecule has 5 nitrogen and oxygen atoms in total. The number of ether oxygens (including phenoxy) is 3. The molecule has 0 aliphatic carbocycles. The number of methoxy groups -OCH3 is 3. The highest BCUT2D eigenvalue weighted by atomic mass is 16.5. The van der Waals surface area contributed by atoms with E-state index in [0.29, 0.717) is 18.0 Å². The molecular formula is C20H24N2O3. The molecule has 0 spiro atoms. The highest BCUT2D eigenvalue weighted by Gasteiger charge is 2.19. The first-order valence-electron chi connectivity index (χ1n) is 8.26. The van der Waals surface area contributed by atoms with E-state index in [1.807, 2.05) is 24.3 Å². The molecule has 1 atom stereocenters. The van der Waals surface area contributed by atoms with Gasteiger partial charge in [-0.25, -0.2) is 0 Å². The Hall–Kier alpha value is -2.66. The Morgan fingerprint density at radius 1 is 0.960 bits per heavy atom. The lowest BCUT2D eigenvalue weighted by Gasteiger charge is -2.18. The molecular weight excluding hydrogens is 316 g/mol. The molecule has 3 aromatic rings. The first-order chi connectivity index (χ1) is 12.2. The van der Waals surface area contributed by atoms with Crippen LogP contribution in [0.4, 0.5) is 0 Å². The molecule has 1 unspecified atom stereocenters. The van der Waals surface area contributed by atoms with E-state index in [1.54, 1.807) is 21.3 Å². The van der Waals surface area contributed by atoms with Crippen molar-refractivity contribution in [3.63, 3.8) is 0 Å². The topological polar surface area (TPSA) is 69.5 Å². The summed E-state index contributed by atoms with van der Waals surface area (Å²) >= 11 is 0. The molecule has 0 fully saturated rings. The van der Waals surface area contributed by atoms with Gasteiger partial charge in [-0.3, -0.25) is 0 Å². The zero-order chi connectivity index (χ0) is 17.8. The van der Waals surface area contributed by atoms with E-state index >= 15 is 0 Å². The summed E-state index contributed by atoms with van der Waals surface area (Å²) in [5.41, 5.74) is 9.49. The van der Waals surface area contributed by atoms with Crippen LogP contribution in [0.1, 0.15) is 17.0 Å². The molecule has 0 bridgehead atoms. The molecule has 1 aromatic heterocycles. The van der Waals surface area contributed by atoms with Crippen LogP contribution in [0.5, 0.6) is 17.2 Å². The van der Waals surface area contributed by atoms with E-state index in [0.717, 1.165) is 23.3 Å². The van der Waals surface area contributed by atoms with Gasteiger partial charge in [-0.1, -0.05) is 18.2 Å². The van der Waals surface area contributed by atoms with E-state index in [2.05, 4.69) is 23.3 Å². The number of aromatic amines is 1. The molecule has 0 aliphatic heterocycles. The maximum Gasteiger partial charge on any atom is 0.164 e. The van der Waals surface area contributed by atoms with Gasteiger partial charge in [0.15, 0.2) is 11.5 Å². The number of rotatable bonds is 7. The average Bonchev–Trinajstić information content (AvgIpc) is 3.09. The van der Waals surface area contributed by atoms with Crippen molar-refractivity contribution >= 4 is 10.9 Å². The molecule has 25 heavy (non-hydrogen) atoms.